The van der Waals surface area contributed by atoms with Crippen LogP contribution in [0.3, 0.4) is 0 Å². The van der Waals surface area contributed by atoms with Gasteiger partial charge in [0.05, 0.1) is 4.90 Å². The van der Waals surface area contributed by atoms with Crippen LogP contribution in [0.15, 0.2) is 29.2 Å². The molecular weight excluding hydrogens is 380 g/mol. The van der Waals surface area contributed by atoms with Gasteiger partial charge in [0.15, 0.2) is 6.61 Å². The number of carbonyl (C=O) groups is 2. The van der Waals surface area contributed by atoms with Crippen LogP contribution in [-0.2, 0) is 30.8 Å². The molecule has 1 saturated heterocycles. The molecule has 0 atom stereocenters. The van der Waals surface area contributed by atoms with Crippen molar-refractivity contribution < 1.29 is 22.7 Å². The number of amides is 1. The Morgan fingerprint density at radius 2 is 1.68 bits per heavy atom. The zero-order valence-electron chi connectivity index (χ0n) is 16.9. The molecule has 0 spiro atoms. The number of ether oxygens (including phenoxy) is 1. The van der Waals surface area contributed by atoms with Crippen LogP contribution in [0.25, 0.3) is 0 Å². The lowest BCUT2D eigenvalue weighted by molar-refractivity contribution is -0.148. The summed E-state index contributed by atoms with van der Waals surface area (Å²) in [4.78, 5) is 23.7. The molecule has 1 N–H and O–H groups in total. The summed E-state index contributed by atoms with van der Waals surface area (Å²) in [6.07, 6.45) is 3.41. The summed E-state index contributed by atoms with van der Waals surface area (Å²) in [6, 6.07) is 6.61. The number of sulfonamides is 1. The molecule has 1 fully saturated rings. The normalized spacial score (nSPS) is 15.8. The van der Waals surface area contributed by atoms with Crippen LogP contribution in [0.2, 0.25) is 0 Å². The molecule has 8 heteroatoms. The molecule has 0 unspecified atom stereocenters. The molecule has 0 aliphatic carbocycles. The fourth-order valence-electron chi connectivity index (χ4n) is 3.00. The first-order valence-corrected chi connectivity index (χ1v) is 11.1. The van der Waals surface area contributed by atoms with E-state index in [1.54, 1.807) is 24.3 Å². The maximum atomic E-state index is 12.6. The van der Waals surface area contributed by atoms with Gasteiger partial charge in [-0.25, -0.2) is 8.42 Å². The van der Waals surface area contributed by atoms with Crippen LogP contribution >= 0.6 is 0 Å². The second-order valence-electron chi connectivity index (χ2n) is 8.07. The number of carbonyl (C=O) groups excluding carboxylic acids is 2. The van der Waals surface area contributed by atoms with Gasteiger partial charge in [0.1, 0.15) is 0 Å². The predicted octanol–water partition coefficient (Wildman–Crippen LogP) is 2.25. The van der Waals surface area contributed by atoms with Crippen LogP contribution in [-0.4, -0.2) is 49.8 Å². The van der Waals surface area contributed by atoms with Gasteiger partial charge in [-0.15, -0.1) is 0 Å². The predicted molar refractivity (Wildman–Crippen MR) is 106 cm³/mol. The van der Waals surface area contributed by atoms with Crippen molar-refractivity contribution in [2.75, 3.05) is 19.7 Å². The average molecular weight is 411 g/mol. The van der Waals surface area contributed by atoms with Crippen LogP contribution in [0, 0.1) is 0 Å². The van der Waals surface area contributed by atoms with E-state index in [2.05, 4.69) is 5.32 Å². The number of nitrogens with zero attached hydrogens (tertiary/aromatic N) is 1. The minimum atomic E-state index is -3.45. The lowest BCUT2D eigenvalue weighted by Gasteiger charge is -2.25. The standard InChI is InChI=1S/C20H30N2O5S/c1-20(2,3)21-18(23)15-27-19(24)12-9-16-7-10-17(11-8-16)28(25,26)22-13-5-4-6-14-22/h7-8,10-11H,4-6,9,12-15H2,1-3H3,(H,21,23). The van der Waals surface area contributed by atoms with Crippen molar-refractivity contribution >= 4 is 21.9 Å². The molecule has 1 amide bonds. The van der Waals surface area contributed by atoms with Gasteiger partial charge in [-0.05, 0) is 57.7 Å². The second kappa shape index (κ2) is 9.52. The molecule has 7 nitrogen and oxygen atoms in total. The van der Waals surface area contributed by atoms with Crippen LogP contribution < -0.4 is 5.32 Å². The summed E-state index contributed by atoms with van der Waals surface area (Å²) in [6.45, 7) is 6.38. The smallest absolute Gasteiger partial charge is 0.306 e. The maximum absolute atomic E-state index is 12.6. The molecule has 2 rings (SSSR count). The van der Waals surface area contributed by atoms with Gasteiger partial charge in [-0.1, -0.05) is 18.6 Å². The van der Waals surface area contributed by atoms with Gasteiger partial charge in [-0.2, -0.15) is 4.31 Å². The van der Waals surface area contributed by atoms with Crippen LogP contribution in [0.1, 0.15) is 52.0 Å². The van der Waals surface area contributed by atoms with Gasteiger partial charge >= 0.3 is 5.97 Å². The Morgan fingerprint density at radius 1 is 1.07 bits per heavy atom. The maximum Gasteiger partial charge on any atom is 0.306 e. The first kappa shape index (κ1) is 22.4. The van der Waals surface area contributed by atoms with E-state index in [-0.39, 0.29) is 29.4 Å². The van der Waals surface area contributed by atoms with E-state index < -0.39 is 16.0 Å². The molecule has 1 aliphatic rings. The molecule has 1 heterocycles. The van der Waals surface area contributed by atoms with E-state index >= 15 is 0 Å². The van der Waals surface area contributed by atoms with E-state index in [0.717, 1.165) is 24.8 Å². The third-order valence-corrected chi connectivity index (χ3v) is 6.29. The Balaban J connectivity index is 1.82. The van der Waals surface area contributed by atoms with Gasteiger partial charge in [0, 0.05) is 25.0 Å². The van der Waals surface area contributed by atoms with Crippen molar-refractivity contribution in [1.29, 1.82) is 0 Å². The Kier molecular flexibility index (Phi) is 7.60. The topological polar surface area (TPSA) is 92.8 Å². The van der Waals surface area contributed by atoms with Gasteiger partial charge in [0.2, 0.25) is 10.0 Å². The highest BCUT2D eigenvalue weighted by molar-refractivity contribution is 7.89. The fraction of sp³-hybridized carbons (Fsp3) is 0.600. The van der Waals surface area contributed by atoms with Gasteiger partial charge < -0.3 is 10.1 Å². The Labute approximate surface area is 167 Å². The largest absolute Gasteiger partial charge is 0.456 e. The highest BCUT2D eigenvalue weighted by atomic mass is 32.2. The first-order valence-electron chi connectivity index (χ1n) is 9.64. The highest BCUT2D eigenvalue weighted by Crippen LogP contribution is 2.21. The third kappa shape index (κ3) is 6.91. The summed E-state index contributed by atoms with van der Waals surface area (Å²) in [5.41, 5.74) is 0.466. The number of hydrogen-bond acceptors (Lipinski definition) is 5. The van der Waals surface area contributed by atoms with E-state index in [1.807, 2.05) is 20.8 Å². The number of hydrogen-bond donors (Lipinski definition) is 1. The first-order chi connectivity index (χ1) is 13.1. The molecule has 156 valence electrons. The number of rotatable bonds is 7. The van der Waals surface area contributed by atoms with E-state index in [0.29, 0.717) is 19.5 Å². The summed E-state index contributed by atoms with van der Waals surface area (Å²) >= 11 is 0. The number of piperidine rings is 1. The van der Waals surface area contributed by atoms with Gasteiger partial charge in [-0.3, -0.25) is 9.59 Å². The lowest BCUT2D eigenvalue weighted by atomic mass is 10.1. The average Bonchev–Trinajstić information content (AvgIpc) is 2.64. The molecule has 1 aliphatic heterocycles. The fourth-order valence-corrected chi connectivity index (χ4v) is 4.52. The van der Waals surface area contributed by atoms with E-state index in [4.69, 9.17) is 4.74 Å². The zero-order valence-corrected chi connectivity index (χ0v) is 17.7. The molecule has 1 aromatic carbocycles. The molecule has 0 radical (unpaired) electrons. The number of aryl methyl sites for hydroxylation is 1. The van der Waals surface area contributed by atoms with Crippen molar-refractivity contribution in [2.45, 2.75) is 63.3 Å². The molecule has 0 bridgehead atoms. The van der Waals surface area contributed by atoms with E-state index in [9.17, 15) is 18.0 Å². The quantitative estimate of drug-likeness (QED) is 0.696. The Bertz CT molecular complexity index is 776. The summed E-state index contributed by atoms with van der Waals surface area (Å²) in [5, 5.41) is 2.72. The van der Waals surface area contributed by atoms with Crippen molar-refractivity contribution in [2.24, 2.45) is 0 Å². The van der Waals surface area contributed by atoms with Gasteiger partial charge in [0.25, 0.3) is 5.91 Å². The monoisotopic (exact) mass is 410 g/mol. The van der Waals surface area contributed by atoms with Crippen molar-refractivity contribution in [3.63, 3.8) is 0 Å². The Morgan fingerprint density at radius 3 is 2.25 bits per heavy atom. The van der Waals surface area contributed by atoms with Crippen molar-refractivity contribution in [3.8, 4) is 0 Å². The third-order valence-electron chi connectivity index (χ3n) is 4.37. The summed E-state index contributed by atoms with van der Waals surface area (Å²) in [7, 11) is -3.45. The summed E-state index contributed by atoms with van der Waals surface area (Å²) in [5.74, 6) is -0.804. The van der Waals surface area contributed by atoms with Crippen molar-refractivity contribution in [1.82, 2.24) is 9.62 Å². The van der Waals surface area contributed by atoms with Crippen LogP contribution in [0.4, 0.5) is 0 Å². The number of nitrogens with one attached hydrogen (secondary N) is 1. The Hall–Kier alpha value is -1.93. The molecule has 0 saturated carbocycles. The lowest BCUT2D eigenvalue weighted by Crippen LogP contribution is -2.42. The molecular formula is C20H30N2O5S. The minimum absolute atomic E-state index is 0.126. The molecule has 0 aromatic heterocycles. The molecule has 28 heavy (non-hydrogen) atoms. The summed E-state index contributed by atoms with van der Waals surface area (Å²) < 4.78 is 31.8. The van der Waals surface area contributed by atoms with E-state index in [1.165, 1.54) is 4.31 Å². The van der Waals surface area contributed by atoms with Crippen molar-refractivity contribution in [3.05, 3.63) is 29.8 Å². The highest BCUT2D eigenvalue weighted by Gasteiger charge is 2.25. The van der Waals surface area contributed by atoms with Crippen LogP contribution in [0.5, 0.6) is 0 Å². The minimum Gasteiger partial charge on any atom is -0.456 e. The SMILES string of the molecule is CC(C)(C)NC(=O)COC(=O)CCc1ccc(S(=O)(=O)N2CCCCC2)cc1. The molecule has 1 aromatic rings. The second-order valence-corrected chi connectivity index (χ2v) is 10.0. The number of benzene rings is 1. The zero-order chi connectivity index (χ0) is 20.8. The number of esters is 1.